The van der Waals surface area contributed by atoms with Crippen LogP contribution in [0.3, 0.4) is 0 Å². The zero-order chi connectivity index (χ0) is 18.6. The monoisotopic (exact) mass is 385 g/mol. The number of piperidine rings is 1. The van der Waals surface area contributed by atoms with E-state index >= 15 is 0 Å². The van der Waals surface area contributed by atoms with Crippen LogP contribution in [0.4, 0.5) is 5.82 Å². The summed E-state index contributed by atoms with van der Waals surface area (Å²) in [7, 11) is 0. The summed E-state index contributed by atoms with van der Waals surface area (Å²) in [6, 6.07) is 7.83. The number of nitrogens with one attached hydrogen (secondary N) is 1. The number of anilines is 1. The van der Waals surface area contributed by atoms with Gasteiger partial charge < -0.3 is 15.1 Å². The quantitative estimate of drug-likeness (QED) is 0.879. The molecule has 1 aromatic carbocycles. The molecule has 2 fully saturated rings. The molecule has 1 atom stereocenters. The minimum absolute atomic E-state index is 0.00188. The molecule has 0 bridgehead atoms. The smallest absolute Gasteiger partial charge is 0.226 e. The average molecular weight is 386 g/mol. The molecule has 2 aliphatic rings. The van der Waals surface area contributed by atoms with Gasteiger partial charge >= 0.3 is 0 Å². The van der Waals surface area contributed by atoms with Gasteiger partial charge in [0.25, 0.3) is 0 Å². The minimum Gasteiger partial charge on any atom is -0.355 e. The molecule has 6 nitrogen and oxygen atoms in total. The molecule has 1 aromatic heterocycles. The molecule has 27 heavy (non-hydrogen) atoms. The van der Waals surface area contributed by atoms with Crippen molar-refractivity contribution in [2.24, 2.45) is 5.92 Å². The van der Waals surface area contributed by atoms with E-state index < -0.39 is 0 Å². The average Bonchev–Trinajstić information content (AvgIpc) is 2.74. The lowest BCUT2D eigenvalue weighted by Gasteiger charge is -2.40. The van der Waals surface area contributed by atoms with Gasteiger partial charge in [-0.2, -0.15) is 0 Å². The molecule has 0 aliphatic carbocycles. The van der Waals surface area contributed by atoms with E-state index in [9.17, 15) is 4.79 Å². The van der Waals surface area contributed by atoms with Crippen molar-refractivity contribution < 1.29 is 4.79 Å². The van der Waals surface area contributed by atoms with Crippen molar-refractivity contribution in [3.8, 4) is 0 Å². The molecule has 0 radical (unpaired) electrons. The Balaban J connectivity index is 1.45. The van der Waals surface area contributed by atoms with Gasteiger partial charge in [0.15, 0.2) is 0 Å². The number of hydrogen-bond acceptors (Lipinski definition) is 5. The lowest BCUT2D eigenvalue weighted by atomic mass is 9.93. The highest BCUT2D eigenvalue weighted by atomic mass is 35.5. The summed E-state index contributed by atoms with van der Waals surface area (Å²) in [5.74, 6) is 1.20. The molecular weight excluding hydrogens is 362 g/mol. The Bertz CT molecular complexity index is 779. The molecule has 142 valence electrons. The standard InChI is InChI=1S/C20H24ClN5O/c21-17-4-2-1-3-16(17)18-13-23-9-12-26(18)20(27)15-5-10-25(11-6-15)19-14-22-7-8-24-19/h1-4,7-8,14-15,18,23H,5-6,9-13H2. The number of halogens is 1. The number of carbonyl (C=O) groups excluding carboxylic acids is 1. The predicted molar refractivity (Wildman–Crippen MR) is 106 cm³/mol. The molecular formula is C20H24ClN5O. The maximum absolute atomic E-state index is 13.3. The predicted octanol–water partition coefficient (Wildman–Crippen LogP) is 2.52. The van der Waals surface area contributed by atoms with Gasteiger partial charge in [-0.25, -0.2) is 4.98 Å². The summed E-state index contributed by atoms with van der Waals surface area (Å²) in [5.41, 5.74) is 1.02. The van der Waals surface area contributed by atoms with Crippen molar-refractivity contribution in [2.45, 2.75) is 18.9 Å². The summed E-state index contributed by atoms with van der Waals surface area (Å²) in [5, 5.41) is 4.12. The number of hydrogen-bond donors (Lipinski definition) is 1. The van der Waals surface area contributed by atoms with Gasteiger partial charge in [0.2, 0.25) is 5.91 Å². The first-order valence-corrected chi connectivity index (χ1v) is 9.88. The highest BCUT2D eigenvalue weighted by molar-refractivity contribution is 6.31. The van der Waals surface area contributed by atoms with Gasteiger partial charge in [-0.05, 0) is 24.5 Å². The Labute approximate surface area is 164 Å². The van der Waals surface area contributed by atoms with Gasteiger partial charge in [0, 0.05) is 56.1 Å². The van der Waals surface area contributed by atoms with Crippen molar-refractivity contribution in [3.05, 3.63) is 53.4 Å². The fraction of sp³-hybridized carbons (Fsp3) is 0.450. The Morgan fingerprint density at radius 1 is 1.15 bits per heavy atom. The van der Waals surface area contributed by atoms with Crippen molar-refractivity contribution in [1.29, 1.82) is 0 Å². The summed E-state index contributed by atoms with van der Waals surface area (Å²) < 4.78 is 0. The van der Waals surface area contributed by atoms with Gasteiger partial charge in [-0.1, -0.05) is 29.8 Å². The zero-order valence-electron chi connectivity index (χ0n) is 15.2. The van der Waals surface area contributed by atoms with E-state index in [0.29, 0.717) is 0 Å². The van der Waals surface area contributed by atoms with Crippen molar-refractivity contribution in [3.63, 3.8) is 0 Å². The van der Waals surface area contributed by atoms with E-state index in [-0.39, 0.29) is 17.9 Å². The first-order valence-electron chi connectivity index (χ1n) is 9.50. The first-order chi connectivity index (χ1) is 13.2. The van der Waals surface area contributed by atoms with Crippen LogP contribution in [-0.2, 0) is 4.79 Å². The van der Waals surface area contributed by atoms with Crippen LogP contribution >= 0.6 is 11.6 Å². The van der Waals surface area contributed by atoms with Crippen LogP contribution in [0.15, 0.2) is 42.9 Å². The SMILES string of the molecule is O=C(C1CCN(c2cnccn2)CC1)N1CCNCC1c1ccccc1Cl. The molecule has 3 heterocycles. The van der Waals surface area contributed by atoms with Crippen molar-refractivity contribution >= 4 is 23.3 Å². The number of piperazine rings is 1. The fourth-order valence-corrected chi connectivity index (χ4v) is 4.30. The third-order valence-corrected chi connectivity index (χ3v) is 5.85. The van der Waals surface area contributed by atoms with E-state index in [2.05, 4.69) is 20.2 Å². The van der Waals surface area contributed by atoms with Crippen LogP contribution in [0.5, 0.6) is 0 Å². The van der Waals surface area contributed by atoms with Gasteiger partial charge in [0.05, 0.1) is 12.2 Å². The second-order valence-electron chi connectivity index (χ2n) is 7.10. The van der Waals surface area contributed by atoms with E-state index in [4.69, 9.17) is 11.6 Å². The number of carbonyl (C=O) groups is 1. The van der Waals surface area contributed by atoms with Crippen LogP contribution in [0.25, 0.3) is 0 Å². The lowest BCUT2D eigenvalue weighted by molar-refractivity contribution is -0.139. The van der Waals surface area contributed by atoms with E-state index in [1.165, 1.54) is 0 Å². The molecule has 1 unspecified atom stereocenters. The number of amides is 1. The second-order valence-corrected chi connectivity index (χ2v) is 7.51. The largest absolute Gasteiger partial charge is 0.355 e. The van der Waals surface area contributed by atoms with Gasteiger partial charge in [-0.15, -0.1) is 0 Å². The Morgan fingerprint density at radius 2 is 1.96 bits per heavy atom. The third kappa shape index (κ3) is 3.92. The molecule has 2 aliphatic heterocycles. The number of benzene rings is 1. The van der Waals surface area contributed by atoms with E-state index in [0.717, 1.165) is 62.0 Å². The highest BCUT2D eigenvalue weighted by Gasteiger charge is 2.34. The number of nitrogens with zero attached hydrogens (tertiary/aromatic N) is 4. The summed E-state index contributed by atoms with van der Waals surface area (Å²) >= 11 is 6.42. The third-order valence-electron chi connectivity index (χ3n) is 5.51. The second kappa shape index (κ2) is 8.23. The topological polar surface area (TPSA) is 61.4 Å². The summed E-state index contributed by atoms with van der Waals surface area (Å²) in [4.78, 5) is 26.0. The van der Waals surface area contributed by atoms with Crippen LogP contribution in [0.1, 0.15) is 24.4 Å². The Hall–Kier alpha value is -2.18. The van der Waals surface area contributed by atoms with E-state index in [1.54, 1.807) is 18.6 Å². The fourth-order valence-electron chi connectivity index (χ4n) is 4.04. The lowest BCUT2D eigenvalue weighted by Crippen LogP contribution is -2.52. The van der Waals surface area contributed by atoms with Crippen LogP contribution < -0.4 is 10.2 Å². The van der Waals surface area contributed by atoms with Crippen LogP contribution in [0, 0.1) is 5.92 Å². The zero-order valence-corrected chi connectivity index (χ0v) is 16.0. The molecule has 0 saturated carbocycles. The highest BCUT2D eigenvalue weighted by Crippen LogP contribution is 2.31. The van der Waals surface area contributed by atoms with Gasteiger partial charge in [0.1, 0.15) is 5.82 Å². The molecule has 1 N–H and O–H groups in total. The van der Waals surface area contributed by atoms with E-state index in [1.807, 2.05) is 29.2 Å². The molecule has 4 rings (SSSR count). The molecule has 2 aromatic rings. The maximum atomic E-state index is 13.3. The molecule has 0 spiro atoms. The summed E-state index contributed by atoms with van der Waals surface area (Å²) in [6.45, 7) is 3.95. The number of rotatable bonds is 3. The molecule has 1 amide bonds. The molecule has 2 saturated heterocycles. The summed E-state index contributed by atoms with van der Waals surface area (Å²) in [6.07, 6.45) is 6.86. The van der Waals surface area contributed by atoms with Crippen LogP contribution in [0.2, 0.25) is 5.02 Å². The Kier molecular flexibility index (Phi) is 5.55. The van der Waals surface area contributed by atoms with Gasteiger partial charge in [-0.3, -0.25) is 9.78 Å². The van der Waals surface area contributed by atoms with Crippen LogP contribution in [-0.4, -0.2) is 53.5 Å². The minimum atomic E-state index is -0.00188. The normalized spacial score (nSPS) is 21.3. The van der Waals surface area contributed by atoms with Crippen molar-refractivity contribution in [1.82, 2.24) is 20.2 Å². The first kappa shape index (κ1) is 18.2. The molecule has 7 heteroatoms. The maximum Gasteiger partial charge on any atom is 0.226 e. The number of aromatic nitrogens is 2. The van der Waals surface area contributed by atoms with Crippen molar-refractivity contribution in [2.75, 3.05) is 37.6 Å². The Morgan fingerprint density at radius 3 is 2.70 bits per heavy atom.